The zero-order valence-electron chi connectivity index (χ0n) is 16.0. The van der Waals surface area contributed by atoms with Gasteiger partial charge >= 0.3 is 5.97 Å². The van der Waals surface area contributed by atoms with Gasteiger partial charge in [-0.15, -0.1) is 0 Å². The third-order valence-electron chi connectivity index (χ3n) is 4.67. The number of benzene rings is 2. The van der Waals surface area contributed by atoms with E-state index in [1.165, 1.54) is 5.56 Å². The van der Waals surface area contributed by atoms with Crippen LogP contribution in [0, 0.1) is 6.92 Å². The number of rotatable bonds is 6. The van der Waals surface area contributed by atoms with Gasteiger partial charge in [-0.1, -0.05) is 19.9 Å². The number of carbonyl (C=O) groups is 2. The van der Waals surface area contributed by atoms with Crippen molar-refractivity contribution in [1.82, 2.24) is 0 Å². The van der Waals surface area contributed by atoms with Crippen molar-refractivity contribution in [1.29, 1.82) is 0 Å². The first kappa shape index (κ1) is 19.0. The lowest BCUT2D eigenvalue weighted by atomic mass is 9.98. The molecular weight excluding hydrogens is 342 g/mol. The van der Waals surface area contributed by atoms with E-state index in [2.05, 4.69) is 13.8 Å². The van der Waals surface area contributed by atoms with Gasteiger partial charge in [-0.2, -0.15) is 0 Å². The summed E-state index contributed by atoms with van der Waals surface area (Å²) in [5, 5.41) is 0. The van der Waals surface area contributed by atoms with Crippen molar-refractivity contribution in [3.63, 3.8) is 0 Å². The molecule has 1 fully saturated rings. The number of anilines is 1. The van der Waals surface area contributed by atoms with Crippen LogP contribution in [0.5, 0.6) is 11.5 Å². The second-order valence-electron chi connectivity index (χ2n) is 7.08. The summed E-state index contributed by atoms with van der Waals surface area (Å²) in [6.45, 7) is 6.90. The Morgan fingerprint density at radius 1 is 1.11 bits per heavy atom. The molecule has 2 aromatic carbocycles. The fourth-order valence-electron chi connectivity index (χ4n) is 3.30. The first-order valence-corrected chi connectivity index (χ1v) is 9.28. The van der Waals surface area contributed by atoms with Crippen molar-refractivity contribution in [3.05, 3.63) is 53.6 Å². The number of hydrogen-bond donors (Lipinski definition) is 0. The molecule has 0 atom stereocenters. The first-order chi connectivity index (χ1) is 12.9. The maximum absolute atomic E-state index is 12.0. The maximum Gasteiger partial charge on any atom is 0.349 e. The number of ether oxygens (including phenoxy) is 2. The molecule has 0 spiro atoms. The fourth-order valence-corrected chi connectivity index (χ4v) is 3.30. The number of esters is 1. The van der Waals surface area contributed by atoms with E-state index < -0.39 is 5.97 Å². The summed E-state index contributed by atoms with van der Waals surface area (Å²) in [4.78, 5) is 25.5. The molecule has 0 saturated carbocycles. The summed E-state index contributed by atoms with van der Waals surface area (Å²) in [7, 11) is 0. The van der Waals surface area contributed by atoms with Gasteiger partial charge in [0.1, 0.15) is 11.5 Å². The minimum Gasteiger partial charge on any atom is -0.482 e. The number of amides is 1. The predicted molar refractivity (Wildman–Crippen MR) is 104 cm³/mol. The van der Waals surface area contributed by atoms with Crippen LogP contribution in [0.4, 0.5) is 5.69 Å². The molecule has 0 aromatic heterocycles. The van der Waals surface area contributed by atoms with Crippen LogP contribution in [0.2, 0.25) is 0 Å². The lowest BCUT2D eigenvalue weighted by Gasteiger charge is -2.16. The fraction of sp³-hybridized carbons (Fsp3) is 0.364. The predicted octanol–water partition coefficient (Wildman–Crippen LogP) is 4.23. The number of hydrogen-bond acceptors (Lipinski definition) is 4. The van der Waals surface area contributed by atoms with Gasteiger partial charge < -0.3 is 14.4 Å². The molecule has 0 aliphatic carbocycles. The second kappa shape index (κ2) is 8.25. The first-order valence-electron chi connectivity index (χ1n) is 9.28. The van der Waals surface area contributed by atoms with Crippen molar-refractivity contribution in [2.75, 3.05) is 18.1 Å². The molecule has 0 N–H and O–H groups in total. The van der Waals surface area contributed by atoms with Crippen LogP contribution < -0.4 is 14.4 Å². The smallest absolute Gasteiger partial charge is 0.349 e. The molecule has 5 heteroatoms. The van der Waals surface area contributed by atoms with E-state index in [1.54, 1.807) is 29.2 Å². The Bertz CT molecular complexity index is 827. The topological polar surface area (TPSA) is 55.8 Å². The Morgan fingerprint density at radius 3 is 2.41 bits per heavy atom. The van der Waals surface area contributed by atoms with Crippen LogP contribution in [0.15, 0.2) is 42.5 Å². The molecule has 142 valence electrons. The summed E-state index contributed by atoms with van der Waals surface area (Å²) >= 11 is 0. The zero-order chi connectivity index (χ0) is 19.4. The average molecular weight is 367 g/mol. The molecule has 1 aliphatic heterocycles. The van der Waals surface area contributed by atoms with E-state index in [-0.39, 0.29) is 12.5 Å². The molecule has 0 radical (unpaired) electrons. The van der Waals surface area contributed by atoms with Crippen molar-refractivity contribution in [3.8, 4) is 11.5 Å². The molecule has 1 aliphatic rings. The van der Waals surface area contributed by atoms with E-state index in [0.717, 1.165) is 24.2 Å². The van der Waals surface area contributed by atoms with E-state index in [4.69, 9.17) is 9.47 Å². The van der Waals surface area contributed by atoms with Gasteiger partial charge in [-0.3, -0.25) is 4.79 Å². The molecule has 3 rings (SSSR count). The van der Waals surface area contributed by atoms with E-state index in [0.29, 0.717) is 23.8 Å². The van der Waals surface area contributed by atoms with Gasteiger partial charge in [0, 0.05) is 18.7 Å². The van der Waals surface area contributed by atoms with Gasteiger partial charge in [0.2, 0.25) is 5.91 Å². The molecule has 1 saturated heterocycles. The van der Waals surface area contributed by atoms with Gasteiger partial charge in [0.25, 0.3) is 0 Å². The molecule has 2 aromatic rings. The van der Waals surface area contributed by atoms with Gasteiger partial charge in [0.05, 0.1) is 0 Å². The van der Waals surface area contributed by atoms with Crippen LogP contribution >= 0.6 is 0 Å². The second-order valence-corrected chi connectivity index (χ2v) is 7.08. The molecule has 1 heterocycles. The minimum absolute atomic E-state index is 0.131. The highest BCUT2D eigenvalue weighted by molar-refractivity contribution is 5.95. The third kappa shape index (κ3) is 4.67. The molecule has 5 nitrogen and oxygen atoms in total. The monoisotopic (exact) mass is 367 g/mol. The van der Waals surface area contributed by atoms with Gasteiger partial charge in [-0.05, 0) is 66.8 Å². The lowest BCUT2D eigenvalue weighted by Crippen LogP contribution is -2.23. The summed E-state index contributed by atoms with van der Waals surface area (Å²) in [5.74, 6) is 1.20. The highest BCUT2D eigenvalue weighted by Gasteiger charge is 2.21. The minimum atomic E-state index is -0.467. The Balaban J connectivity index is 1.53. The maximum atomic E-state index is 12.0. The summed E-state index contributed by atoms with van der Waals surface area (Å²) in [6, 6.07) is 12.8. The average Bonchev–Trinajstić information content (AvgIpc) is 3.06. The van der Waals surface area contributed by atoms with Crippen LogP contribution in [-0.2, 0) is 9.59 Å². The van der Waals surface area contributed by atoms with Crippen molar-refractivity contribution in [2.24, 2.45) is 0 Å². The molecule has 0 unspecified atom stereocenters. The Labute approximate surface area is 159 Å². The molecular formula is C22H25NO4. The van der Waals surface area contributed by atoms with E-state index in [9.17, 15) is 9.59 Å². The standard InChI is InChI=1S/C22H25NO4/c1-15(2)20-11-10-19(13-16(20)3)26-14-22(25)27-18-8-6-17(7-9-18)23-12-4-5-21(23)24/h6-11,13,15H,4-5,12,14H2,1-3H3. The number of nitrogens with zero attached hydrogens (tertiary/aromatic N) is 1. The molecule has 27 heavy (non-hydrogen) atoms. The summed E-state index contributed by atoms with van der Waals surface area (Å²) in [6.07, 6.45) is 1.47. The molecule has 0 bridgehead atoms. The van der Waals surface area contributed by atoms with Crippen LogP contribution in [-0.4, -0.2) is 25.0 Å². The largest absolute Gasteiger partial charge is 0.482 e. The highest BCUT2D eigenvalue weighted by Crippen LogP contribution is 2.25. The Morgan fingerprint density at radius 2 is 1.81 bits per heavy atom. The van der Waals surface area contributed by atoms with Crippen molar-refractivity contribution in [2.45, 2.75) is 39.5 Å². The normalized spacial score (nSPS) is 13.9. The Kier molecular flexibility index (Phi) is 5.79. The summed E-state index contributed by atoms with van der Waals surface area (Å²) < 4.78 is 10.9. The van der Waals surface area contributed by atoms with Crippen LogP contribution in [0.3, 0.4) is 0 Å². The SMILES string of the molecule is Cc1cc(OCC(=O)Oc2ccc(N3CCCC3=O)cc2)ccc1C(C)C. The highest BCUT2D eigenvalue weighted by atomic mass is 16.6. The van der Waals surface area contributed by atoms with Crippen molar-refractivity contribution < 1.29 is 19.1 Å². The lowest BCUT2D eigenvalue weighted by molar-refractivity contribution is -0.136. The molecule has 1 amide bonds. The van der Waals surface area contributed by atoms with Crippen LogP contribution in [0.25, 0.3) is 0 Å². The van der Waals surface area contributed by atoms with E-state index in [1.807, 2.05) is 25.1 Å². The van der Waals surface area contributed by atoms with Crippen molar-refractivity contribution >= 4 is 17.6 Å². The number of aryl methyl sites for hydroxylation is 1. The van der Waals surface area contributed by atoms with Gasteiger partial charge in [-0.25, -0.2) is 4.79 Å². The Hall–Kier alpha value is -2.82. The van der Waals surface area contributed by atoms with E-state index >= 15 is 0 Å². The quantitative estimate of drug-likeness (QED) is 0.566. The van der Waals surface area contributed by atoms with Gasteiger partial charge in [0.15, 0.2) is 6.61 Å². The number of carbonyl (C=O) groups excluding carboxylic acids is 2. The van der Waals surface area contributed by atoms with Crippen LogP contribution in [0.1, 0.15) is 43.7 Å². The third-order valence-corrected chi connectivity index (χ3v) is 4.67. The zero-order valence-corrected chi connectivity index (χ0v) is 16.0. The summed E-state index contributed by atoms with van der Waals surface area (Å²) in [5.41, 5.74) is 3.23.